The number of nitrogens with zero attached hydrogens (tertiary/aromatic N) is 2. The SMILES string of the molecule is Cc1ccc(-c2ccc(SCC(=O)c3ccc(Cl)cc3)nn2)cc1C. The van der Waals surface area contributed by atoms with E-state index in [2.05, 4.69) is 36.2 Å². The maximum absolute atomic E-state index is 12.2. The third-order valence-corrected chi connectivity index (χ3v) is 5.13. The molecule has 0 bridgehead atoms. The van der Waals surface area contributed by atoms with Crippen molar-refractivity contribution < 1.29 is 4.79 Å². The maximum Gasteiger partial charge on any atom is 0.173 e. The van der Waals surface area contributed by atoms with Gasteiger partial charge in [-0.05, 0) is 67.4 Å². The van der Waals surface area contributed by atoms with Crippen LogP contribution in [0.3, 0.4) is 0 Å². The average molecular weight is 369 g/mol. The van der Waals surface area contributed by atoms with Gasteiger partial charge >= 0.3 is 0 Å². The highest BCUT2D eigenvalue weighted by Crippen LogP contribution is 2.22. The predicted molar refractivity (Wildman–Crippen MR) is 103 cm³/mol. The molecule has 1 aromatic heterocycles. The molecule has 0 saturated heterocycles. The Hall–Kier alpha value is -2.17. The van der Waals surface area contributed by atoms with Gasteiger partial charge in [-0.2, -0.15) is 0 Å². The third-order valence-electron chi connectivity index (χ3n) is 3.96. The Bertz CT molecular complexity index is 893. The molecule has 3 nitrogen and oxygen atoms in total. The van der Waals surface area contributed by atoms with Crippen molar-refractivity contribution in [1.29, 1.82) is 0 Å². The van der Waals surface area contributed by atoms with Crippen molar-refractivity contribution in [2.45, 2.75) is 18.9 Å². The second-order valence-electron chi connectivity index (χ2n) is 5.77. The summed E-state index contributed by atoms with van der Waals surface area (Å²) in [7, 11) is 0. The molecule has 0 radical (unpaired) electrons. The highest BCUT2D eigenvalue weighted by atomic mass is 35.5. The van der Waals surface area contributed by atoms with Crippen LogP contribution in [0.4, 0.5) is 0 Å². The summed E-state index contributed by atoms with van der Waals surface area (Å²) in [5.74, 6) is 0.362. The summed E-state index contributed by atoms with van der Waals surface area (Å²) in [6.45, 7) is 4.17. The van der Waals surface area contributed by atoms with Gasteiger partial charge in [0.05, 0.1) is 11.4 Å². The molecule has 0 N–H and O–H groups in total. The van der Waals surface area contributed by atoms with Crippen LogP contribution < -0.4 is 0 Å². The molecule has 0 aliphatic carbocycles. The van der Waals surface area contributed by atoms with Crippen LogP contribution in [0.15, 0.2) is 59.6 Å². The molecule has 0 amide bonds. The number of benzene rings is 2. The molecule has 25 heavy (non-hydrogen) atoms. The van der Waals surface area contributed by atoms with Crippen molar-refractivity contribution in [2.24, 2.45) is 0 Å². The van der Waals surface area contributed by atoms with Gasteiger partial charge in [-0.3, -0.25) is 4.79 Å². The van der Waals surface area contributed by atoms with Gasteiger partial charge in [0.25, 0.3) is 0 Å². The largest absolute Gasteiger partial charge is 0.293 e. The third kappa shape index (κ3) is 4.47. The van der Waals surface area contributed by atoms with Crippen LogP contribution in [0.1, 0.15) is 21.5 Å². The Balaban J connectivity index is 1.65. The second-order valence-corrected chi connectivity index (χ2v) is 7.21. The summed E-state index contributed by atoms with van der Waals surface area (Å²) in [6.07, 6.45) is 0. The van der Waals surface area contributed by atoms with Gasteiger partial charge in [0.15, 0.2) is 5.78 Å². The first-order valence-corrected chi connectivity index (χ1v) is 9.22. The van der Waals surface area contributed by atoms with Crippen LogP contribution in [0.25, 0.3) is 11.3 Å². The van der Waals surface area contributed by atoms with E-state index in [4.69, 9.17) is 11.6 Å². The Morgan fingerprint density at radius 2 is 1.72 bits per heavy atom. The molecule has 126 valence electrons. The van der Waals surface area contributed by atoms with Crippen molar-refractivity contribution in [1.82, 2.24) is 10.2 Å². The molecule has 2 aromatic carbocycles. The highest BCUT2D eigenvalue weighted by Gasteiger charge is 2.08. The molecular formula is C20H17ClN2OS. The zero-order valence-corrected chi connectivity index (χ0v) is 15.6. The molecule has 1 heterocycles. The van der Waals surface area contributed by atoms with Gasteiger partial charge in [0.2, 0.25) is 0 Å². The van der Waals surface area contributed by atoms with Gasteiger partial charge in [-0.25, -0.2) is 0 Å². The number of Topliss-reactive ketones (excluding diaryl/α,β-unsaturated/α-hetero) is 1. The van der Waals surface area contributed by atoms with Crippen molar-refractivity contribution in [3.05, 3.63) is 76.3 Å². The summed E-state index contributed by atoms with van der Waals surface area (Å²) in [5, 5.41) is 9.86. The van der Waals surface area contributed by atoms with Crippen LogP contribution in [-0.4, -0.2) is 21.7 Å². The fourth-order valence-electron chi connectivity index (χ4n) is 2.31. The molecule has 0 spiro atoms. The summed E-state index contributed by atoms with van der Waals surface area (Å²) >= 11 is 7.22. The van der Waals surface area contributed by atoms with Crippen LogP contribution in [-0.2, 0) is 0 Å². The van der Waals surface area contributed by atoms with E-state index in [0.29, 0.717) is 16.3 Å². The van der Waals surface area contributed by atoms with E-state index in [0.717, 1.165) is 16.3 Å². The minimum atomic E-state index is 0.0432. The molecule has 0 aliphatic rings. The van der Waals surface area contributed by atoms with E-state index in [1.165, 1.54) is 22.9 Å². The summed E-state index contributed by atoms with van der Waals surface area (Å²) < 4.78 is 0. The zero-order valence-electron chi connectivity index (χ0n) is 14.0. The van der Waals surface area contributed by atoms with E-state index >= 15 is 0 Å². The average Bonchev–Trinajstić information content (AvgIpc) is 2.63. The van der Waals surface area contributed by atoms with Crippen molar-refractivity contribution in [2.75, 3.05) is 5.75 Å². The normalized spacial score (nSPS) is 10.7. The first-order valence-electron chi connectivity index (χ1n) is 7.86. The number of hydrogen-bond donors (Lipinski definition) is 0. The van der Waals surface area contributed by atoms with Crippen molar-refractivity contribution >= 4 is 29.1 Å². The van der Waals surface area contributed by atoms with E-state index in [-0.39, 0.29) is 5.78 Å². The summed E-state index contributed by atoms with van der Waals surface area (Å²) in [4.78, 5) is 12.2. The van der Waals surface area contributed by atoms with Crippen molar-refractivity contribution in [3.63, 3.8) is 0 Å². The summed E-state index contributed by atoms with van der Waals surface area (Å²) in [6, 6.07) is 17.0. The number of rotatable bonds is 5. The Kier molecular flexibility index (Phi) is 5.51. The molecule has 0 unspecified atom stereocenters. The lowest BCUT2D eigenvalue weighted by molar-refractivity contribution is 0.102. The molecule has 0 aliphatic heterocycles. The van der Waals surface area contributed by atoms with Crippen LogP contribution in [0, 0.1) is 13.8 Å². The first-order chi connectivity index (χ1) is 12.0. The van der Waals surface area contributed by atoms with E-state index in [1.807, 2.05) is 18.2 Å². The first kappa shape index (κ1) is 17.6. The van der Waals surface area contributed by atoms with Gasteiger partial charge in [-0.1, -0.05) is 35.5 Å². The number of hydrogen-bond acceptors (Lipinski definition) is 4. The van der Waals surface area contributed by atoms with Crippen LogP contribution in [0.2, 0.25) is 5.02 Å². The highest BCUT2D eigenvalue weighted by molar-refractivity contribution is 7.99. The van der Waals surface area contributed by atoms with Gasteiger partial charge in [0, 0.05) is 16.1 Å². The Labute approximate surface area is 156 Å². The molecular weight excluding hydrogens is 352 g/mol. The zero-order chi connectivity index (χ0) is 17.8. The number of aromatic nitrogens is 2. The topological polar surface area (TPSA) is 42.9 Å². The Morgan fingerprint density at radius 1 is 0.960 bits per heavy atom. The monoisotopic (exact) mass is 368 g/mol. The smallest absolute Gasteiger partial charge is 0.173 e. The fourth-order valence-corrected chi connectivity index (χ4v) is 3.14. The molecule has 0 atom stereocenters. The molecule has 3 rings (SSSR count). The lowest BCUT2D eigenvalue weighted by atomic mass is 10.0. The quantitative estimate of drug-likeness (QED) is 0.447. The molecule has 0 fully saturated rings. The standard InChI is InChI=1S/C20H17ClN2OS/c1-13-3-4-16(11-14(13)2)18-9-10-20(23-22-18)25-12-19(24)15-5-7-17(21)8-6-15/h3-11H,12H2,1-2H3. The number of thioether (sulfide) groups is 1. The van der Waals surface area contributed by atoms with Crippen LogP contribution >= 0.6 is 23.4 Å². The molecule has 5 heteroatoms. The summed E-state index contributed by atoms with van der Waals surface area (Å²) in [5.41, 5.74) is 5.01. The number of carbonyl (C=O) groups excluding carboxylic acids is 1. The molecule has 0 saturated carbocycles. The minimum Gasteiger partial charge on any atom is -0.293 e. The lowest BCUT2D eigenvalue weighted by Gasteiger charge is -2.05. The van der Waals surface area contributed by atoms with E-state index < -0.39 is 0 Å². The number of ketones is 1. The Morgan fingerprint density at radius 3 is 2.36 bits per heavy atom. The van der Waals surface area contributed by atoms with E-state index in [9.17, 15) is 4.79 Å². The fraction of sp³-hybridized carbons (Fsp3) is 0.150. The number of aryl methyl sites for hydroxylation is 2. The van der Waals surface area contributed by atoms with Gasteiger partial charge in [0.1, 0.15) is 5.03 Å². The molecule has 3 aromatic rings. The number of carbonyl (C=O) groups is 1. The second kappa shape index (κ2) is 7.81. The maximum atomic E-state index is 12.2. The minimum absolute atomic E-state index is 0.0432. The van der Waals surface area contributed by atoms with Crippen LogP contribution in [0.5, 0.6) is 0 Å². The lowest BCUT2D eigenvalue weighted by Crippen LogP contribution is -2.02. The van der Waals surface area contributed by atoms with Crippen molar-refractivity contribution in [3.8, 4) is 11.3 Å². The van der Waals surface area contributed by atoms with Gasteiger partial charge < -0.3 is 0 Å². The number of halogens is 1. The van der Waals surface area contributed by atoms with E-state index in [1.54, 1.807) is 24.3 Å². The van der Waals surface area contributed by atoms with Gasteiger partial charge in [-0.15, -0.1) is 10.2 Å². The predicted octanol–water partition coefficient (Wildman–Crippen LogP) is 5.39.